The predicted octanol–water partition coefficient (Wildman–Crippen LogP) is 11.1. The number of ether oxygens (including phenoxy) is 1. The van der Waals surface area contributed by atoms with Gasteiger partial charge in [0.25, 0.3) is 0 Å². The van der Waals surface area contributed by atoms with Crippen LogP contribution in [0.4, 0.5) is 17.1 Å². The highest BCUT2D eigenvalue weighted by atomic mass is 16.5. The van der Waals surface area contributed by atoms with Gasteiger partial charge in [-0.3, -0.25) is 0 Å². The standard InChI is InChI=1S/C42H31NO/c1-4-13-30(14-5-1)32-23-25-35(26-24-32)43(36-20-12-19-34(27-36)31-15-6-2-7-16-31)40-29-42-39(37-21-10-11-22-41(37)44-42)28-38(40)33-17-8-3-9-18-33/h1-29,37,41H. The fraction of sp³-hybridized carbons (Fsp3) is 0.0476. The van der Waals surface area contributed by atoms with Crippen molar-refractivity contribution in [1.82, 2.24) is 0 Å². The summed E-state index contributed by atoms with van der Waals surface area (Å²) in [5.41, 5.74) is 11.6. The molecule has 2 unspecified atom stereocenters. The SMILES string of the molecule is C1=CC2Oc3cc(N(c4ccc(-c5ccccc5)cc4)c4cccc(-c5ccccc5)c4)c(-c4ccccc4)cc3C2C=C1. The van der Waals surface area contributed by atoms with Crippen molar-refractivity contribution >= 4 is 17.1 Å². The number of hydrogen-bond acceptors (Lipinski definition) is 2. The lowest BCUT2D eigenvalue weighted by Gasteiger charge is -2.29. The van der Waals surface area contributed by atoms with Gasteiger partial charge in [-0.1, -0.05) is 133 Å². The average Bonchev–Trinajstić information content (AvgIpc) is 3.47. The van der Waals surface area contributed by atoms with Gasteiger partial charge in [0, 0.05) is 34.5 Å². The third-order valence-corrected chi connectivity index (χ3v) is 8.60. The van der Waals surface area contributed by atoms with Crippen molar-refractivity contribution in [2.75, 3.05) is 4.90 Å². The van der Waals surface area contributed by atoms with Crippen LogP contribution >= 0.6 is 0 Å². The summed E-state index contributed by atoms with van der Waals surface area (Å²) < 4.78 is 6.57. The molecule has 0 bridgehead atoms. The zero-order valence-electron chi connectivity index (χ0n) is 24.3. The number of nitrogens with zero attached hydrogens (tertiary/aromatic N) is 1. The molecule has 8 rings (SSSR count). The Balaban J connectivity index is 1.34. The molecular weight excluding hydrogens is 534 g/mol. The zero-order valence-corrected chi connectivity index (χ0v) is 24.3. The molecule has 2 aliphatic rings. The third-order valence-electron chi connectivity index (χ3n) is 8.60. The van der Waals surface area contributed by atoms with E-state index in [0.717, 1.165) is 22.8 Å². The molecule has 0 amide bonds. The van der Waals surface area contributed by atoms with Crippen LogP contribution in [0, 0.1) is 0 Å². The summed E-state index contributed by atoms with van der Waals surface area (Å²) in [7, 11) is 0. The van der Waals surface area contributed by atoms with Gasteiger partial charge < -0.3 is 9.64 Å². The highest BCUT2D eigenvalue weighted by molar-refractivity contribution is 5.91. The molecule has 1 aliphatic heterocycles. The van der Waals surface area contributed by atoms with Crippen molar-refractivity contribution < 1.29 is 4.74 Å². The normalized spacial score (nSPS) is 16.2. The summed E-state index contributed by atoms with van der Waals surface area (Å²) >= 11 is 0. The molecule has 2 atom stereocenters. The summed E-state index contributed by atoms with van der Waals surface area (Å²) in [6, 6.07) is 54.1. The quantitative estimate of drug-likeness (QED) is 0.199. The van der Waals surface area contributed by atoms with Gasteiger partial charge in [0.05, 0.1) is 5.69 Å². The Morgan fingerprint density at radius 3 is 1.75 bits per heavy atom. The van der Waals surface area contributed by atoms with Gasteiger partial charge in [0.2, 0.25) is 0 Å². The van der Waals surface area contributed by atoms with Gasteiger partial charge >= 0.3 is 0 Å². The Morgan fingerprint density at radius 1 is 0.455 bits per heavy atom. The first-order chi connectivity index (χ1) is 21.8. The average molecular weight is 566 g/mol. The first kappa shape index (κ1) is 26.1. The van der Waals surface area contributed by atoms with Crippen molar-refractivity contribution in [2.24, 2.45) is 0 Å². The Kier molecular flexibility index (Phi) is 6.66. The smallest absolute Gasteiger partial charge is 0.128 e. The van der Waals surface area contributed by atoms with E-state index in [1.54, 1.807) is 0 Å². The number of hydrogen-bond donors (Lipinski definition) is 0. The van der Waals surface area contributed by atoms with Crippen LogP contribution in [0.5, 0.6) is 5.75 Å². The van der Waals surface area contributed by atoms with Gasteiger partial charge in [-0.2, -0.15) is 0 Å². The predicted molar refractivity (Wildman–Crippen MR) is 183 cm³/mol. The molecule has 2 nitrogen and oxygen atoms in total. The van der Waals surface area contributed by atoms with E-state index in [1.165, 1.54) is 38.9 Å². The molecule has 210 valence electrons. The Bertz CT molecular complexity index is 1980. The molecule has 6 aromatic rings. The monoisotopic (exact) mass is 565 g/mol. The largest absolute Gasteiger partial charge is 0.485 e. The summed E-state index contributed by atoms with van der Waals surface area (Å²) in [4.78, 5) is 2.38. The maximum absolute atomic E-state index is 6.57. The van der Waals surface area contributed by atoms with Gasteiger partial charge in [0.15, 0.2) is 0 Å². The highest BCUT2D eigenvalue weighted by Gasteiger charge is 2.34. The van der Waals surface area contributed by atoms with E-state index in [2.05, 4.69) is 181 Å². The number of fused-ring (bicyclic) bond motifs is 3. The second kappa shape index (κ2) is 11.2. The number of anilines is 3. The molecule has 0 radical (unpaired) electrons. The topological polar surface area (TPSA) is 12.5 Å². The summed E-state index contributed by atoms with van der Waals surface area (Å²) in [6.07, 6.45) is 8.66. The number of rotatable bonds is 6. The Hall–Kier alpha value is -5.60. The van der Waals surface area contributed by atoms with Crippen LogP contribution in [0.3, 0.4) is 0 Å². The lowest BCUT2D eigenvalue weighted by atomic mass is 9.89. The molecule has 0 aromatic heterocycles. The molecule has 0 N–H and O–H groups in total. The first-order valence-corrected chi connectivity index (χ1v) is 15.2. The lowest BCUT2D eigenvalue weighted by molar-refractivity contribution is 0.269. The maximum atomic E-state index is 6.57. The second-order valence-corrected chi connectivity index (χ2v) is 11.3. The van der Waals surface area contributed by atoms with Crippen LogP contribution < -0.4 is 9.64 Å². The minimum Gasteiger partial charge on any atom is -0.485 e. The molecule has 44 heavy (non-hydrogen) atoms. The fourth-order valence-electron chi connectivity index (χ4n) is 6.42. The first-order valence-electron chi connectivity index (χ1n) is 15.2. The Labute approximate surface area is 258 Å². The van der Waals surface area contributed by atoms with Crippen molar-refractivity contribution in [1.29, 1.82) is 0 Å². The van der Waals surface area contributed by atoms with E-state index in [0.29, 0.717) is 0 Å². The van der Waals surface area contributed by atoms with Crippen LogP contribution in [-0.4, -0.2) is 6.10 Å². The van der Waals surface area contributed by atoms with E-state index in [4.69, 9.17) is 4.74 Å². The molecule has 0 fully saturated rings. The lowest BCUT2D eigenvalue weighted by Crippen LogP contribution is -2.15. The van der Waals surface area contributed by atoms with Crippen LogP contribution in [0.15, 0.2) is 176 Å². The van der Waals surface area contributed by atoms with Crippen molar-refractivity contribution in [3.63, 3.8) is 0 Å². The summed E-state index contributed by atoms with van der Waals surface area (Å²) in [5, 5.41) is 0. The van der Waals surface area contributed by atoms with Crippen molar-refractivity contribution in [3.05, 3.63) is 182 Å². The van der Waals surface area contributed by atoms with E-state index in [1.807, 2.05) is 0 Å². The second-order valence-electron chi connectivity index (χ2n) is 11.3. The number of allylic oxidation sites excluding steroid dienone is 2. The summed E-state index contributed by atoms with van der Waals surface area (Å²) in [5.74, 6) is 1.16. The molecule has 1 aliphatic carbocycles. The van der Waals surface area contributed by atoms with Crippen LogP contribution in [-0.2, 0) is 0 Å². The molecule has 1 heterocycles. The van der Waals surface area contributed by atoms with E-state index in [-0.39, 0.29) is 12.0 Å². The van der Waals surface area contributed by atoms with Crippen molar-refractivity contribution in [3.8, 4) is 39.1 Å². The van der Waals surface area contributed by atoms with Crippen LogP contribution in [0.25, 0.3) is 33.4 Å². The van der Waals surface area contributed by atoms with Crippen LogP contribution in [0.2, 0.25) is 0 Å². The fourth-order valence-corrected chi connectivity index (χ4v) is 6.42. The molecular formula is C42H31NO. The molecule has 6 aromatic carbocycles. The van der Waals surface area contributed by atoms with E-state index < -0.39 is 0 Å². The highest BCUT2D eigenvalue weighted by Crippen LogP contribution is 2.50. The van der Waals surface area contributed by atoms with E-state index in [9.17, 15) is 0 Å². The van der Waals surface area contributed by atoms with Crippen molar-refractivity contribution in [2.45, 2.75) is 12.0 Å². The molecule has 0 saturated carbocycles. The minimum absolute atomic E-state index is 0.0221. The van der Waals surface area contributed by atoms with Gasteiger partial charge in [0.1, 0.15) is 11.9 Å². The maximum Gasteiger partial charge on any atom is 0.128 e. The third kappa shape index (κ3) is 4.81. The molecule has 2 heteroatoms. The van der Waals surface area contributed by atoms with Gasteiger partial charge in [-0.05, 0) is 64.2 Å². The zero-order chi connectivity index (χ0) is 29.3. The van der Waals surface area contributed by atoms with Crippen LogP contribution in [0.1, 0.15) is 11.5 Å². The van der Waals surface area contributed by atoms with Gasteiger partial charge in [-0.15, -0.1) is 0 Å². The van der Waals surface area contributed by atoms with Gasteiger partial charge in [-0.25, -0.2) is 0 Å². The molecule has 0 spiro atoms. The van der Waals surface area contributed by atoms with E-state index >= 15 is 0 Å². The molecule has 0 saturated heterocycles. The summed E-state index contributed by atoms with van der Waals surface area (Å²) in [6.45, 7) is 0. The minimum atomic E-state index is 0.0221. The Morgan fingerprint density at radius 2 is 1.05 bits per heavy atom. The number of benzene rings is 6.